The van der Waals surface area contributed by atoms with Crippen molar-refractivity contribution in [2.75, 3.05) is 18.8 Å². The Morgan fingerprint density at radius 1 is 1.45 bits per heavy atom. The third-order valence-electron chi connectivity index (χ3n) is 4.08. The van der Waals surface area contributed by atoms with Crippen LogP contribution in [-0.2, 0) is 4.79 Å². The van der Waals surface area contributed by atoms with E-state index in [0.717, 1.165) is 29.7 Å². The van der Waals surface area contributed by atoms with E-state index in [2.05, 4.69) is 35.8 Å². The van der Waals surface area contributed by atoms with Crippen molar-refractivity contribution in [2.45, 2.75) is 37.6 Å². The first-order valence-corrected chi connectivity index (χ1v) is 9.09. The summed E-state index contributed by atoms with van der Waals surface area (Å²) in [7, 11) is 0. The summed E-state index contributed by atoms with van der Waals surface area (Å²) in [6, 6.07) is 8.30. The second kappa shape index (κ2) is 8.57. The van der Waals surface area contributed by atoms with Crippen molar-refractivity contribution < 1.29 is 4.79 Å². The quantitative estimate of drug-likeness (QED) is 0.769. The molecule has 0 spiro atoms. The molecule has 1 fully saturated rings. The van der Waals surface area contributed by atoms with Crippen LogP contribution < -0.4 is 5.73 Å². The van der Waals surface area contributed by atoms with E-state index >= 15 is 0 Å². The molecule has 1 unspecified atom stereocenters. The van der Waals surface area contributed by atoms with Gasteiger partial charge in [0, 0.05) is 40.7 Å². The highest BCUT2D eigenvalue weighted by atomic mass is 79.9. The Balaban J connectivity index is 0.00000242. The first kappa shape index (κ1) is 19.8. The number of amides is 1. The lowest BCUT2D eigenvalue weighted by atomic mass is 9.79. The lowest BCUT2D eigenvalue weighted by molar-refractivity contribution is -0.134. The predicted molar refractivity (Wildman–Crippen MR) is 99.7 cm³/mol. The van der Waals surface area contributed by atoms with Gasteiger partial charge in [0.2, 0.25) is 5.91 Å². The van der Waals surface area contributed by atoms with Crippen LogP contribution in [0.25, 0.3) is 0 Å². The molecule has 1 amide bonds. The fourth-order valence-corrected chi connectivity index (χ4v) is 4.06. The zero-order valence-electron chi connectivity index (χ0n) is 13.0. The van der Waals surface area contributed by atoms with Gasteiger partial charge in [0.05, 0.1) is 0 Å². The van der Waals surface area contributed by atoms with E-state index in [4.69, 9.17) is 5.73 Å². The van der Waals surface area contributed by atoms with E-state index in [9.17, 15) is 4.79 Å². The number of likely N-dealkylation sites (tertiary alicyclic amines) is 1. The Hall–Kier alpha value is -0.230. The van der Waals surface area contributed by atoms with Gasteiger partial charge in [-0.05, 0) is 39.9 Å². The number of hydrogen-bond acceptors (Lipinski definition) is 3. The van der Waals surface area contributed by atoms with Crippen LogP contribution in [0.1, 0.15) is 26.7 Å². The normalized spacial score (nSPS) is 20.4. The minimum Gasteiger partial charge on any atom is -0.342 e. The van der Waals surface area contributed by atoms with E-state index in [1.807, 2.05) is 23.1 Å². The smallest absolute Gasteiger partial charge is 0.223 e. The molecule has 0 bridgehead atoms. The molecule has 1 heterocycles. The third-order valence-corrected chi connectivity index (χ3v) is 6.10. The highest BCUT2D eigenvalue weighted by Gasteiger charge is 2.34. The number of nitrogens with two attached hydrogens (primary N) is 1. The van der Waals surface area contributed by atoms with Crippen molar-refractivity contribution in [1.29, 1.82) is 0 Å². The van der Waals surface area contributed by atoms with Crippen molar-refractivity contribution in [3.63, 3.8) is 0 Å². The first-order chi connectivity index (χ1) is 9.90. The molecule has 1 aromatic rings. The molecule has 0 radical (unpaired) electrons. The monoisotopic (exact) mass is 406 g/mol. The molecule has 3 nitrogen and oxygen atoms in total. The molecule has 6 heteroatoms. The van der Waals surface area contributed by atoms with E-state index in [1.165, 1.54) is 4.90 Å². The lowest BCUT2D eigenvalue weighted by Crippen LogP contribution is -2.54. The molecule has 0 saturated carbocycles. The summed E-state index contributed by atoms with van der Waals surface area (Å²) < 4.78 is 1.09. The van der Waals surface area contributed by atoms with Crippen molar-refractivity contribution in [2.24, 2.45) is 11.1 Å². The molecule has 22 heavy (non-hydrogen) atoms. The number of halogens is 2. The number of carbonyl (C=O) groups is 1. The summed E-state index contributed by atoms with van der Waals surface area (Å²) in [6.45, 7) is 5.86. The van der Waals surface area contributed by atoms with Gasteiger partial charge in [0.1, 0.15) is 0 Å². The van der Waals surface area contributed by atoms with Crippen molar-refractivity contribution in [3.8, 4) is 0 Å². The molecule has 1 aliphatic heterocycles. The number of piperidine rings is 1. The van der Waals surface area contributed by atoms with Gasteiger partial charge in [0.25, 0.3) is 0 Å². The number of nitrogens with zero attached hydrogens (tertiary/aromatic N) is 1. The Labute approximate surface area is 151 Å². The van der Waals surface area contributed by atoms with Gasteiger partial charge in [-0.3, -0.25) is 4.79 Å². The molecular weight excluding hydrogens is 384 g/mol. The van der Waals surface area contributed by atoms with Crippen LogP contribution in [0, 0.1) is 5.41 Å². The molecule has 1 aliphatic rings. The number of hydrogen-bond donors (Lipinski definition) is 1. The van der Waals surface area contributed by atoms with Crippen LogP contribution in [-0.4, -0.2) is 35.7 Å². The van der Waals surface area contributed by atoms with E-state index < -0.39 is 0 Å². The summed E-state index contributed by atoms with van der Waals surface area (Å²) in [5.74, 6) is 1.05. The maximum Gasteiger partial charge on any atom is 0.223 e. The molecule has 124 valence electrons. The van der Waals surface area contributed by atoms with Crippen molar-refractivity contribution in [3.05, 3.63) is 28.7 Å². The number of thioether (sulfide) groups is 1. The first-order valence-electron chi connectivity index (χ1n) is 7.31. The summed E-state index contributed by atoms with van der Waals surface area (Å²) in [6.07, 6.45) is 1.48. The standard InChI is InChI=1S/C16H23BrN2OS.ClH/c1-16(2)11-19(9-7-14(16)18)15(20)8-10-21-13-6-4-3-5-12(13)17;/h3-6,14H,7-11,18H2,1-2H3;1H. The molecule has 0 aromatic heterocycles. The van der Waals surface area contributed by atoms with Crippen LogP contribution in [0.5, 0.6) is 0 Å². The third kappa shape index (κ3) is 5.15. The minimum absolute atomic E-state index is 0. The molecule has 1 aromatic carbocycles. The highest BCUT2D eigenvalue weighted by Crippen LogP contribution is 2.30. The average Bonchev–Trinajstić information content (AvgIpc) is 2.43. The number of carbonyl (C=O) groups excluding carboxylic acids is 1. The largest absolute Gasteiger partial charge is 0.342 e. The van der Waals surface area contributed by atoms with E-state index in [-0.39, 0.29) is 29.8 Å². The molecule has 1 atom stereocenters. The summed E-state index contributed by atoms with van der Waals surface area (Å²) in [5.41, 5.74) is 6.14. The average molecular weight is 408 g/mol. The van der Waals surface area contributed by atoms with Crippen molar-refractivity contribution in [1.82, 2.24) is 4.90 Å². The molecular formula is C16H24BrClN2OS. The van der Waals surface area contributed by atoms with Gasteiger partial charge in [-0.25, -0.2) is 0 Å². The zero-order chi connectivity index (χ0) is 15.5. The van der Waals surface area contributed by atoms with Gasteiger partial charge in [0.15, 0.2) is 0 Å². The predicted octanol–water partition coefficient (Wildman–Crippen LogP) is 3.94. The maximum absolute atomic E-state index is 12.3. The Morgan fingerprint density at radius 3 is 2.77 bits per heavy atom. The van der Waals surface area contributed by atoms with Gasteiger partial charge < -0.3 is 10.6 Å². The van der Waals surface area contributed by atoms with Gasteiger partial charge in [-0.15, -0.1) is 24.2 Å². The zero-order valence-corrected chi connectivity index (χ0v) is 16.3. The number of benzene rings is 1. The molecule has 0 aliphatic carbocycles. The SMILES string of the molecule is CC1(C)CN(C(=O)CCSc2ccccc2Br)CCC1N.Cl. The second-order valence-corrected chi connectivity index (χ2v) is 8.22. The molecule has 2 N–H and O–H groups in total. The summed E-state index contributed by atoms with van der Waals surface area (Å²) in [5, 5.41) is 0. The van der Waals surface area contributed by atoms with Crippen LogP contribution in [0.3, 0.4) is 0 Å². The Kier molecular flexibility index (Phi) is 7.72. The minimum atomic E-state index is 0. The van der Waals surface area contributed by atoms with E-state index in [0.29, 0.717) is 6.42 Å². The topological polar surface area (TPSA) is 46.3 Å². The van der Waals surface area contributed by atoms with Gasteiger partial charge >= 0.3 is 0 Å². The summed E-state index contributed by atoms with van der Waals surface area (Å²) >= 11 is 5.25. The van der Waals surface area contributed by atoms with Crippen LogP contribution in [0.2, 0.25) is 0 Å². The molecule has 1 saturated heterocycles. The van der Waals surface area contributed by atoms with Crippen LogP contribution in [0.15, 0.2) is 33.6 Å². The van der Waals surface area contributed by atoms with E-state index in [1.54, 1.807) is 11.8 Å². The van der Waals surface area contributed by atoms with Crippen LogP contribution in [0.4, 0.5) is 0 Å². The summed E-state index contributed by atoms with van der Waals surface area (Å²) in [4.78, 5) is 15.5. The van der Waals surface area contributed by atoms with Gasteiger partial charge in [-0.1, -0.05) is 26.0 Å². The Bertz CT molecular complexity index is 513. The van der Waals surface area contributed by atoms with Crippen molar-refractivity contribution >= 4 is 46.0 Å². The maximum atomic E-state index is 12.3. The fraction of sp³-hybridized carbons (Fsp3) is 0.562. The fourth-order valence-electron chi connectivity index (χ4n) is 2.55. The number of rotatable bonds is 4. The second-order valence-electron chi connectivity index (χ2n) is 6.23. The Morgan fingerprint density at radius 2 is 2.14 bits per heavy atom. The lowest BCUT2D eigenvalue weighted by Gasteiger charge is -2.42. The van der Waals surface area contributed by atoms with Crippen LogP contribution >= 0.6 is 40.1 Å². The van der Waals surface area contributed by atoms with Gasteiger partial charge in [-0.2, -0.15) is 0 Å². The highest BCUT2D eigenvalue weighted by molar-refractivity contribution is 9.10. The molecule has 2 rings (SSSR count).